The number of anilines is 1. The predicted molar refractivity (Wildman–Crippen MR) is 103 cm³/mol. The van der Waals surface area contributed by atoms with Crippen LogP contribution in [0, 0.1) is 0 Å². The molecule has 0 aliphatic carbocycles. The van der Waals surface area contributed by atoms with E-state index in [1.807, 2.05) is 60.7 Å². The number of rotatable bonds is 6. The molecular formula is C20H19ClN2O2. The lowest BCUT2D eigenvalue weighted by Gasteiger charge is -2.10. The molecule has 3 rings (SSSR count). The lowest BCUT2D eigenvalue weighted by Crippen LogP contribution is -2.30. The maximum absolute atomic E-state index is 12.0. The summed E-state index contributed by atoms with van der Waals surface area (Å²) in [7, 11) is 0. The van der Waals surface area contributed by atoms with Crippen LogP contribution in [-0.2, 0) is 0 Å². The van der Waals surface area contributed by atoms with Gasteiger partial charge in [-0.15, -0.1) is 0 Å². The number of carbonyl (C=O) groups excluding carboxylic acids is 1. The molecule has 0 heterocycles. The summed E-state index contributed by atoms with van der Waals surface area (Å²) in [4.78, 5) is 12.0. The van der Waals surface area contributed by atoms with Gasteiger partial charge in [0.1, 0.15) is 5.75 Å². The van der Waals surface area contributed by atoms with E-state index in [4.69, 9.17) is 16.3 Å². The molecule has 5 heteroatoms. The van der Waals surface area contributed by atoms with Crippen LogP contribution in [0.4, 0.5) is 10.5 Å². The van der Waals surface area contributed by atoms with E-state index in [0.717, 1.165) is 16.5 Å². The molecule has 128 valence electrons. The fourth-order valence-corrected chi connectivity index (χ4v) is 2.65. The van der Waals surface area contributed by atoms with Crippen LogP contribution in [0.25, 0.3) is 10.8 Å². The molecule has 4 nitrogen and oxygen atoms in total. The summed E-state index contributed by atoms with van der Waals surface area (Å²) in [6, 6.07) is 21.0. The van der Waals surface area contributed by atoms with Crippen molar-refractivity contribution in [3.8, 4) is 5.75 Å². The van der Waals surface area contributed by atoms with Crippen LogP contribution >= 0.6 is 11.6 Å². The molecule has 0 unspecified atom stereocenters. The zero-order chi connectivity index (χ0) is 17.5. The van der Waals surface area contributed by atoms with Gasteiger partial charge in [-0.2, -0.15) is 0 Å². The first-order valence-corrected chi connectivity index (χ1v) is 8.51. The van der Waals surface area contributed by atoms with Crippen molar-refractivity contribution in [1.82, 2.24) is 5.32 Å². The molecule has 0 radical (unpaired) electrons. The second kappa shape index (κ2) is 8.40. The van der Waals surface area contributed by atoms with Crippen molar-refractivity contribution in [3.63, 3.8) is 0 Å². The van der Waals surface area contributed by atoms with Gasteiger partial charge in [0.05, 0.1) is 11.6 Å². The molecule has 3 aromatic carbocycles. The molecule has 0 saturated carbocycles. The molecule has 0 bridgehead atoms. The van der Waals surface area contributed by atoms with E-state index in [1.165, 1.54) is 0 Å². The zero-order valence-electron chi connectivity index (χ0n) is 13.7. The summed E-state index contributed by atoms with van der Waals surface area (Å²) in [6.45, 7) is 1.00. The Morgan fingerprint density at radius 1 is 0.960 bits per heavy atom. The predicted octanol–water partition coefficient (Wildman–Crippen LogP) is 5.08. The molecule has 0 fully saturated rings. The van der Waals surface area contributed by atoms with Gasteiger partial charge in [0.2, 0.25) is 0 Å². The number of halogens is 1. The largest absolute Gasteiger partial charge is 0.492 e. The second-order valence-electron chi connectivity index (χ2n) is 5.58. The zero-order valence-corrected chi connectivity index (χ0v) is 14.4. The number of amides is 2. The van der Waals surface area contributed by atoms with Crippen molar-refractivity contribution in [1.29, 1.82) is 0 Å². The minimum atomic E-state index is -0.229. The van der Waals surface area contributed by atoms with E-state index in [-0.39, 0.29) is 6.03 Å². The van der Waals surface area contributed by atoms with E-state index >= 15 is 0 Å². The maximum Gasteiger partial charge on any atom is 0.319 e. The van der Waals surface area contributed by atoms with Crippen LogP contribution < -0.4 is 15.4 Å². The number of carbonyl (C=O) groups is 1. The Morgan fingerprint density at radius 2 is 1.72 bits per heavy atom. The third-order valence-electron chi connectivity index (χ3n) is 3.71. The summed E-state index contributed by atoms with van der Waals surface area (Å²) in [5.74, 6) is 0.657. The first-order valence-electron chi connectivity index (χ1n) is 8.13. The highest BCUT2D eigenvalue weighted by atomic mass is 35.5. The molecule has 25 heavy (non-hydrogen) atoms. The third kappa shape index (κ3) is 4.88. The number of hydrogen-bond donors (Lipinski definition) is 2. The molecule has 0 aromatic heterocycles. The van der Waals surface area contributed by atoms with Gasteiger partial charge in [0.25, 0.3) is 0 Å². The van der Waals surface area contributed by atoms with Crippen molar-refractivity contribution in [2.45, 2.75) is 6.42 Å². The van der Waals surface area contributed by atoms with Crippen LogP contribution in [0.3, 0.4) is 0 Å². The minimum absolute atomic E-state index is 0.229. The molecule has 0 saturated heterocycles. The smallest absolute Gasteiger partial charge is 0.319 e. The van der Waals surface area contributed by atoms with Gasteiger partial charge in [-0.1, -0.05) is 54.1 Å². The summed E-state index contributed by atoms with van der Waals surface area (Å²) in [5.41, 5.74) is 0.767. The number of benzene rings is 3. The highest BCUT2D eigenvalue weighted by molar-refractivity contribution is 6.32. The molecule has 0 aliphatic rings. The van der Waals surface area contributed by atoms with Gasteiger partial charge in [-0.05, 0) is 41.5 Å². The fourth-order valence-electron chi connectivity index (χ4n) is 2.46. The SMILES string of the molecule is O=C(NCCCOc1ccccc1Cl)Nc1ccc2ccccc2c1. The second-order valence-corrected chi connectivity index (χ2v) is 5.98. The molecule has 3 aromatic rings. The van der Waals surface area contributed by atoms with E-state index in [2.05, 4.69) is 10.6 Å². The lowest BCUT2D eigenvalue weighted by molar-refractivity contribution is 0.250. The maximum atomic E-state index is 12.0. The molecular weight excluding hydrogens is 336 g/mol. The van der Waals surface area contributed by atoms with Crippen molar-refractivity contribution in [3.05, 3.63) is 71.8 Å². The van der Waals surface area contributed by atoms with Crippen molar-refractivity contribution in [2.24, 2.45) is 0 Å². The Labute approximate surface area is 151 Å². The third-order valence-corrected chi connectivity index (χ3v) is 4.02. The summed E-state index contributed by atoms with van der Waals surface area (Å²) in [6.07, 6.45) is 0.691. The average Bonchev–Trinajstić information content (AvgIpc) is 2.63. The molecule has 0 aliphatic heterocycles. The van der Waals surface area contributed by atoms with Gasteiger partial charge < -0.3 is 15.4 Å². The van der Waals surface area contributed by atoms with Crippen LogP contribution in [0.5, 0.6) is 5.75 Å². The number of para-hydroxylation sites is 1. The number of nitrogens with one attached hydrogen (secondary N) is 2. The van der Waals surface area contributed by atoms with E-state index in [9.17, 15) is 4.79 Å². The van der Waals surface area contributed by atoms with Crippen LogP contribution in [-0.4, -0.2) is 19.2 Å². The standard InChI is InChI=1S/C20H19ClN2O2/c21-18-8-3-4-9-19(18)25-13-5-12-22-20(24)23-17-11-10-15-6-1-2-7-16(15)14-17/h1-4,6-11,14H,5,12-13H2,(H2,22,23,24). The van der Waals surface area contributed by atoms with Crippen molar-refractivity contribution < 1.29 is 9.53 Å². The van der Waals surface area contributed by atoms with Gasteiger partial charge in [-0.3, -0.25) is 0 Å². The molecule has 0 atom stereocenters. The number of hydrogen-bond acceptors (Lipinski definition) is 2. The number of ether oxygens (including phenoxy) is 1. The quantitative estimate of drug-likeness (QED) is 0.606. The van der Waals surface area contributed by atoms with Crippen LogP contribution in [0.15, 0.2) is 66.7 Å². The van der Waals surface area contributed by atoms with Crippen LogP contribution in [0.1, 0.15) is 6.42 Å². The van der Waals surface area contributed by atoms with E-state index < -0.39 is 0 Å². The number of urea groups is 1. The Bertz CT molecular complexity index is 867. The number of fused-ring (bicyclic) bond motifs is 1. The Hall–Kier alpha value is -2.72. The summed E-state index contributed by atoms with van der Waals surface area (Å²) in [5, 5.41) is 8.48. The van der Waals surface area contributed by atoms with Crippen molar-refractivity contribution in [2.75, 3.05) is 18.5 Å². The highest BCUT2D eigenvalue weighted by Gasteiger charge is 2.03. The first-order chi connectivity index (χ1) is 12.2. The van der Waals surface area contributed by atoms with Crippen molar-refractivity contribution >= 4 is 34.1 Å². The van der Waals surface area contributed by atoms with E-state index in [1.54, 1.807) is 6.07 Å². The normalized spacial score (nSPS) is 10.4. The lowest BCUT2D eigenvalue weighted by atomic mass is 10.1. The molecule has 0 spiro atoms. The topological polar surface area (TPSA) is 50.4 Å². The van der Waals surface area contributed by atoms with Gasteiger partial charge in [-0.25, -0.2) is 4.79 Å². The monoisotopic (exact) mass is 354 g/mol. The highest BCUT2D eigenvalue weighted by Crippen LogP contribution is 2.23. The summed E-state index contributed by atoms with van der Waals surface area (Å²) < 4.78 is 5.58. The Morgan fingerprint density at radius 3 is 2.56 bits per heavy atom. The Kier molecular flexibility index (Phi) is 5.75. The fraction of sp³-hybridized carbons (Fsp3) is 0.150. The molecule has 2 N–H and O–H groups in total. The van der Waals surface area contributed by atoms with Gasteiger partial charge >= 0.3 is 6.03 Å². The van der Waals surface area contributed by atoms with Gasteiger partial charge in [0.15, 0.2) is 0 Å². The minimum Gasteiger partial charge on any atom is -0.492 e. The molecule has 2 amide bonds. The van der Waals surface area contributed by atoms with E-state index in [0.29, 0.717) is 30.3 Å². The van der Waals surface area contributed by atoms with Gasteiger partial charge in [0, 0.05) is 12.2 Å². The summed E-state index contributed by atoms with van der Waals surface area (Å²) >= 11 is 6.01. The van der Waals surface area contributed by atoms with Crippen LogP contribution in [0.2, 0.25) is 5.02 Å². The first kappa shape index (κ1) is 17.1. The Balaban J connectivity index is 1.41. The average molecular weight is 355 g/mol.